The van der Waals surface area contributed by atoms with Crippen molar-refractivity contribution >= 4 is 0 Å². The fourth-order valence-electron chi connectivity index (χ4n) is 3.43. The molecule has 2 aromatic rings. The maximum atomic E-state index is 4.08. The van der Waals surface area contributed by atoms with E-state index in [4.69, 9.17) is 0 Å². The van der Waals surface area contributed by atoms with Gasteiger partial charge in [0.05, 0.1) is 18.2 Å². The summed E-state index contributed by atoms with van der Waals surface area (Å²) in [6.45, 7) is 0. The van der Waals surface area contributed by atoms with Crippen LogP contribution in [-0.4, -0.2) is 9.97 Å². The first-order valence-electron chi connectivity index (χ1n) is 6.04. The third-order valence-electron chi connectivity index (χ3n) is 4.21. The molecular formula is C14H14N2. The fourth-order valence-corrected chi connectivity index (χ4v) is 3.43. The second-order valence-corrected chi connectivity index (χ2v) is 5.02. The first-order valence-corrected chi connectivity index (χ1v) is 6.04. The number of aromatic amines is 1. The molecule has 0 aliphatic heterocycles. The van der Waals surface area contributed by atoms with E-state index in [0.717, 1.165) is 17.5 Å². The topological polar surface area (TPSA) is 28.7 Å². The number of aromatic nitrogens is 2. The minimum atomic E-state index is 0.836. The van der Waals surface area contributed by atoms with Crippen LogP contribution < -0.4 is 0 Å². The van der Waals surface area contributed by atoms with Crippen LogP contribution in [0.3, 0.4) is 0 Å². The zero-order valence-electron chi connectivity index (χ0n) is 9.11. The van der Waals surface area contributed by atoms with Gasteiger partial charge in [-0.2, -0.15) is 0 Å². The Morgan fingerprint density at radius 3 is 2.81 bits per heavy atom. The standard InChI is InChI=1S/C14H14N2/c1-2-10-5-9(1)12-4-3-11(6-13(10)12)14-7-15-8-16-14/h3-4,6-10H,1-2,5H2,(H,15,16). The summed E-state index contributed by atoms with van der Waals surface area (Å²) in [6, 6.07) is 6.93. The minimum absolute atomic E-state index is 0.836. The Labute approximate surface area is 94.7 Å². The fraction of sp³-hybridized carbons (Fsp3) is 0.357. The van der Waals surface area contributed by atoms with Crippen LogP contribution in [0.15, 0.2) is 30.7 Å². The van der Waals surface area contributed by atoms with Gasteiger partial charge in [0.25, 0.3) is 0 Å². The van der Waals surface area contributed by atoms with Gasteiger partial charge in [0, 0.05) is 0 Å². The Morgan fingerprint density at radius 1 is 1.12 bits per heavy atom. The number of benzene rings is 1. The summed E-state index contributed by atoms with van der Waals surface area (Å²) >= 11 is 0. The molecule has 2 nitrogen and oxygen atoms in total. The van der Waals surface area contributed by atoms with Crippen molar-refractivity contribution in [2.75, 3.05) is 0 Å². The lowest BCUT2D eigenvalue weighted by atomic mass is 9.90. The lowest BCUT2D eigenvalue weighted by molar-refractivity contribution is 0.718. The molecular weight excluding hydrogens is 196 g/mol. The number of rotatable bonds is 1. The van der Waals surface area contributed by atoms with Crippen LogP contribution in [0.5, 0.6) is 0 Å². The maximum Gasteiger partial charge on any atom is 0.0924 e. The van der Waals surface area contributed by atoms with Crippen molar-refractivity contribution in [3.8, 4) is 11.3 Å². The lowest BCUT2D eigenvalue weighted by Gasteiger charge is -2.15. The molecule has 2 heteroatoms. The van der Waals surface area contributed by atoms with Crippen LogP contribution in [0, 0.1) is 0 Å². The number of hydrogen-bond donors (Lipinski definition) is 1. The lowest BCUT2D eigenvalue weighted by Crippen LogP contribution is -1.97. The molecule has 16 heavy (non-hydrogen) atoms. The van der Waals surface area contributed by atoms with E-state index >= 15 is 0 Å². The molecule has 1 N–H and O–H groups in total. The van der Waals surface area contributed by atoms with E-state index in [0.29, 0.717) is 0 Å². The van der Waals surface area contributed by atoms with Gasteiger partial charge in [0.15, 0.2) is 0 Å². The van der Waals surface area contributed by atoms with Gasteiger partial charge in [-0.15, -0.1) is 0 Å². The SMILES string of the molecule is c1ncc(-c2ccc3c(c2)C2CCC3C2)[nH]1. The van der Waals surface area contributed by atoms with Crippen molar-refractivity contribution < 1.29 is 0 Å². The largest absolute Gasteiger partial charge is 0.345 e. The van der Waals surface area contributed by atoms with Gasteiger partial charge in [-0.3, -0.25) is 0 Å². The van der Waals surface area contributed by atoms with E-state index in [9.17, 15) is 0 Å². The number of nitrogens with one attached hydrogen (secondary N) is 1. The quantitative estimate of drug-likeness (QED) is 0.767. The molecule has 1 aromatic heterocycles. The van der Waals surface area contributed by atoms with Gasteiger partial charge in [-0.1, -0.05) is 12.1 Å². The zero-order valence-corrected chi connectivity index (χ0v) is 9.11. The highest BCUT2D eigenvalue weighted by Gasteiger charge is 2.36. The predicted molar refractivity (Wildman–Crippen MR) is 63.4 cm³/mol. The molecule has 0 spiro atoms. The Bertz CT molecular complexity index is 528. The van der Waals surface area contributed by atoms with Crippen molar-refractivity contribution in [3.63, 3.8) is 0 Å². The average molecular weight is 210 g/mol. The van der Waals surface area contributed by atoms with Crippen LogP contribution in [0.25, 0.3) is 11.3 Å². The molecule has 2 aliphatic carbocycles. The summed E-state index contributed by atoms with van der Waals surface area (Å²) < 4.78 is 0. The van der Waals surface area contributed by atoms with Crippen LogP contribution >= 0.6 is 0 Å². The summed E-state index contributed by atoms with van der Waals surface area (Å²) in [6.07, 6.45) is 7.83. The van der Waals surface area contributed by atoms with Crippen molar-refractivity contribution in [2.45, 2.75) is 31.1 Å². The van der Waals surface area contributed by atoms with E-state index in [1.807, 2.05) is 6.20 Å². The second kappa shape index (κ2) is 2.97. The van der Waals surface area contributed by atoms with E-state index in [1.165, 1.54) is 24.8 Å². The van der Waals surface area contributed by atoms with Crippen LogP contribution in [-0.2, 0) is 0 Å². The first kappa shape index (κ1) is 8.57. The summed E-state index contributed by atoms with van der Waals surface area (Å²) in [5.74, 6) is 1.69. The molecule has 80 valence electrons. The van der Waals surface area contributed by atoms with E-state index in [-0.39, 0.29) is 0 Å². The molecule has 2 atom stereocenters. The molecule has 2 unspecified atom stereocenters. The summed E-state index contributed by atoms with van der Waals surface area (Å²) in [7, 11) is 0. The summed E-state index contributed by atoms with van der Waals surface area (Å²) in [5.41, 5.74) is 5.62. The normalized spacial score (nSPS) is 26.0. The highest BCUT2D eigenvalue weighted by atomic mass is 14.9. The minimum Gasteiger partial charge on any atom is -0.345 e. The van der Waals surface area contributed by atoms with Crippen molar-refractivity contribution in [2.24, 2.45) is 0 Å². The molecule has 4 rings (SSSR count). The van der Waals surface area contributed by atoms with E-state index in [2.05, 4.69) is 28.2 Å². The van der Waals surface area contributed by atoms with Crippen molar-refractivity contribution in [3.05, 3.63) is 41.9 Å². The summed E-state index contributed by atoms with van der Waals surface area (Å²) in [5, 5.41) is 0. The number of imidazole rings is 1. The monoisotopic (exact) mass is 210 g/mol. The number of nitrogens with zero attached hydrogens (tertiary/aromatic N) is 1. The van der Waals surface area contributed by atoms with Gasteiger partial charge < -0.3 is 4.98 Å². The van der Waals surface area contributed by atoms with E-state index in [1.54, 1.807) is 17.5 Å². The number of hydrogen-bond acceptors (Lipinski definition) is 1. The Morgan fingerprint density at radius 2 is 2.00 bits per heavy atom. The smallest absolute Gasteiger partial charge is 0.0924 e. The molecule has 1 heterocycles. The van der Waals surface area contributed by atoms with Crippen molar-refractivity contribution in [1.29, 1.82) is 0 Å². The van der Waals surface area contributed by atoms with Crippen molar-refractivity contribution in [1.82, 2.24) is 9.97 Å². The Kier molecular flexibility index (Phi) is 1.59. The highest BCUT2D eigenvalue weighted by molar-refractivity contribution is 5.62. The maximum absolute atomic E-state index is 4.08. The average Bonchev–Trinajstić information content (AvgIpc) is 3.06. The Hall–Kier alpha value is -1.57. The van der Waals surface area contributed by atoms with Gasteiger partial charge in [0.2, 0.25) is 0 Å². The van der Waals surface area contributed by atoms with Gasteiger partial charge >= 0.3 is 0 Å². The van der Waals surface area contributed by atoms with Crippen LogP contribution in [0.2, 0.25) is 0 Å². The second-order valence-electron chi connectivity index (χ2n) is 5.02. The molecule has 0 amide bonds. The highest BCUT2D eigenvalue weighted by Crippen LogP contribution is 2.53. The molecule has 0 saturated heterocycles. The Balaban J connectivity index is 1.86. The third kappa shape index (κ3) is 1.04. The third-order valence-corrected chi connectivity index (χ3v) is 4.21. The molecule has 2 aliphatic rings. The number of H-pyrrole nitrogens is 1. The molecule has 1 aromatic carbocycles. The van der Waals surface area contributed by atoms with Gasteiger partial charge in [-0.05, 0) is 53.9 Å². The summed E-state index contributed by atoms with van der Waals surface area (Å²) in [4.78, 5) is 7.26. The van der Waals surface area contributed by atoms with Crippen LogP contribution in [0.4, 0.5) is 0 Å². The molecule has 2 bridgehead atoms. The molecule has 1 saturated carbocycles. The van der Waals surface area contributed by atoms with E-state index < -0.39 is 0 Å². The zero-order chi connectivity index (χ0) is 10.5. The molecule has 0 radical (unpaired) electrons. The van der Waals surface area contributed by atoms with Crippen LogP contribution in [0.1, 0.15) is 42.2 Å². The van der Waals surface area contributed by atoms with Gasteiger partial charge in [0.1, 0.15) is 0 Å². The number of fused-ring (bicyclic) bond motifs is 5. The predicted octanol–water partition coefficient (Wildman–Crippen LogP) is 3.44. The molecule has 1 fully saturated rings. The first-order chi connectivity index (χ1) is 7.92. The van der Waals surface area contributed by atoms with Gasteiger partial charge in [-0.25, -0.2) is 4.98 Å².